The highest BCUT2D eigenvalue weighted by Crippen LogP contribution is 2.12. The zero-order valence-corrected chi connectivity index (χ0v) is 14.3. The summed E-state index contributed by atoms with van der Waals surface area (Å²) in [5.41, 5.74) is 4.62. The lowest BCUT2D eigenvalue weighted by atomic mass is 9.50. The Kier molecular flexibility index (Phi) is 2.59. The van der Waals surface area contributed by atoms with Crippen LogP contribution >= 0.6 is 0 Å². The van der Waals surface area contributed by atoms with Gasteiger partial charge in [-0.05, 0) is 57.1 Å². The van der Waals surface area contributed by atoms with Crippen LogP contribution in [0.15, 0.2) is 34.9 Å². The second-order valence-electron chi connectivity index (χ2n) is 6.51. The summed E-state index contributed by atoms with van der Waals surface area (Å²) in [5.74, 6) is 0. The van der Waals surface area contributed by atoms with Crippen LogP contribution in [0.3, 0.4) is 0 Å². The number of aromatic nitrogens is 2. The quantitative estimate of drug-likeness (QED) is 0.485. The standard InChI is InChI=1S/C19H21BN3O/c1-12-8-9-22(4)17(10-12)20-14(3)18-16(11-23(20)5)15-7-6-13(2)21-19(15)24-18/h6-11H,1-5H3/q+1/i2D3. The van der Waals surface area contributed by atoms with Crippen LogP contribution in [0.1, 0.15) is 22.3 Å². The number of hydrogen-bond donors (Lipinski definition) is 0. The van der Waals surface area contributed by atoms with Gasteiger partial charge in [-0.3, -0.25) is 0 Å². The first-order valence-electron chi connectivity index (χ1n) is 9.47. The van der Waals surface area contributed by atoms with Crippen LogP contribution in [0.25, 0.3) is 22.8 Å². The smallest absolute Gasteiger partial charge is 0.402 e. The molecular formula is C19H21BN3O+. The molecule has 1 aliphatic heterocycles. The van der Waals surface area contributed by atoms with E-state index in [1.165, 1.54) is 5.56 Å². The molecule has 1 aliphatic rings. The second kappa shape index (κ2) is 5.23. The lowest BCUT2D eigenvalue weighted by molar-refractivity contribution is -0.654. The average molecular weight is 321 g/mol. The van der Waals surface area contributed by atoms with E-state index in [2.05, 4.69) is 52.7 Å². The number of nitrogens with zero attached hydrogens (tertiary/aromatic N) is 3. The minimum atomic E-state index is -2.25. The lowest BCUT2D eigenvalue weighted by Crippen LogP contribution is -2.62. The van der Waals surface area contributed by atoms with Crippen LogP contribution < -0.4 is 20.8 Å². The van der Waals surface area contributed by atoms with E-state index in [1.54, 1.807) is 12.1 Å². The van der Waals surface area contributed by atoms with Crippen LogP contribution in [0, 0.1) is 13.8 Å². The maximum Gasteiger partial charge on any atom is 0.402 e. The van der Waals surface area contributed by atoms with Gasteiger partial charge in [-0.2, -0.15) is 0 Å². The summed E-state index contributed by atoms with van der Waals surface area (Å²) in [4.78, 5) is 6.42. The summed E-state index contributed by atoms with van der Waals surface area (Å²) in [5, 5.41) is 1.78. The molecule has 3 aromatic heterocycles. The van der Waals surface area contributed by atoms with Gasteiger partial charge in [0.25, 0.3) is 0 Å². The number of furan rings is 1. The molecule has 0 saturated heterocycles. The van der Waals surface area contributed by atoms with Crippen LogP contribution in [-0.4, -0.2) is 23.7 Å². The summed E-state index contributed by atoms with van der Waals surface area (Å²) >= 11 is 0. The van der Waals surface area contributed by atoms with Crippen molar-refractivity contribution in [1.29, 1.82) is 0 Å². The summed E-state index contributed by atoms with van der Waals surface area (Å²) in [6, 6.07) is 7.60. The van der Waals surface area contributed by atoms with E-state index in [4.69, 9.17) is 8.53 Å². The van der Waals surface area contributed by atoms with Gasteiger partial charge >= 0.3 is 6.85 Å². The Hall–Kier alpha value is -2.56. The Morgan fingerprint density at radius 1 is 1.29 bits per heavy atom. The number of aryl methyl sites for hydroxylation is 3. The molecule has 0 unspecified atom stereocenters. The number of pyridine rings is 2. The topological polar surface area (TPSA) is 33.1 Å². The van der Waals surface area contributed by atoms with Gasteiger partial charge in [0, 0.05) is 32.5 Å². The fraction of sp³-hybridized carbons (Fsp3) is 0.263. The van der Waals surface area contributed by atoms with Crippen LogP contribution in [0.2, 0.25) is 0 Å². The molecule has 0 N–H and O–H groups in total. The molecule has 4 nitrogen and oxygen atoms in total. The first kappa shape index (κ1) is 11.9. The SMILES string of the molecule is [2H]C([2H])([2H])c1ccc2c3c(oc2n1)=C(C)B(c1cc(C)cc[n+]1C)N(C)C=3. The van der Waals surface area contributed by atoms with Gasteiger partial charge in [0.2, 0.25) is 5.71 Å². The third-order valence-corrected chi connectivity index (χ3v) is 4.73. The molecule has 0 radical (unpaired) electrons. The molecule has 5 heteroatoms. The molecule has 0 aromatic carbocycles. The van der Waals surface area contributed by atoms with E-state index in [9.17, 15) is 0 Å². The number of rotatable bonds is 1. The van der Waals surface area contributed by atoms with Crippen LogP contribution in [0.5, 0.6) is 0 Å². The van der Waals surface area contributed by atoms with Crippen LogP contribution in [0.4, 0.5) is 0 Å². The van der Waals surface area contributed by atoms with Crippen molar-refractivity contribution >= 4 is 35.2 Å². The van der Waals surface area contributed by atoms with Gasteiger partial charge in [-0.15, -0.1) is 0 Å². The molecule has 0 bridgehead atoms. The molecular weight excluding hydrogens is 297 g/mol. The maximum atomic E-state index is 7.58. The van der Waals surface area contributed by atoms with Gasteiger partial charge in [0.05, 0.1) is 0 Å². The predicted octanol–water partition coefficient (Wildman–Crippen LogP) is 0.561. The van der Waals surface area contributed by atoms with Crippen LogP contribution in [-0.2, 0) is 7.05 Å². The zero-order chi connectivity index (χ0) is 19.5. The molecule has 0 atom stereocenters. The number of hydrogen-bond acceptors (Lipinski definition) is 3. The van der Waals surface area contributed by atoms with Crippen molar-refractivity contribution in [3.05, 3.63) is 52.4 Å². The van der Waals surface area contributed by atoms with Gasteiger partial charge < -0.3 is 9.23 Å². The highest BCUT2D eigenvalue weighted by atomic mass is 16.3. The Labute approximate surface area is 146 Å². The fourth-order valence-corrected chi connectivity index (χ4v) is 3.53. The van der Waals surface area contributed by atoms with Crippen molar-refractivity contribution in [1.82, 2.24) is 9.79 Å². The Morgan fingerprint density at radius 2 is 2.12 bits per heavy atom. The van der Waals surface area contributed by atoms with E-state index in [-0.39, 0.29) is 12.5 Å². The molecule has 0 saturated carbocycles. The third kappa shape index (κ3) is 2.15. The number of fused-ring (bicyclic) bond motifs is 3. The second-order valence-corrected chi connectivity index (χ2v) is 6.51. The van der Waals surface area contributed by atoms with Crippen molar-refractivity contribution in [3.8, 4) is 0 Å². The summed E-state index contributed by atoms with van der Waals surface area (Å²) in [7, 11) is 4.08. The molecule has 120 valence electrons. The zero-order valence-electron chi connectivity index (χ0n) is 17.3. The Balaban J connectivity index is 1.98. The minimum absolute atomic E-state index is 0.0325. The van der Waals surface area contributed by atoms with Gasteiger partial charge in [0.15, 0.2) is 11.8 Å². The molecule has 0 fully saturated rings. The Bertz CT molecular complexity index is 1180. The molecule has 0 amide bonds. The first-order valence-corrected chi connectivity index (χ1v) is 7.97. The highest BCUT2D eigenvalue weighted by molar-refractivity contribution is 6.85. The van der Waals surface area contributed by atoms with Crippen molar-refractivity contribution in [2.75, 3.05) is 7.05 Å². The van der Waals surface area contributed by atoms with E-state index in [0.717, 1.165) is 27.1 Å². The Morgan fingerprint density at radius 3 is 2.92 bits per heavy atom. The monoisotopic (exact) mass is 321 g/mol. The van der Waals surface area contributed by atoms with Crippen molar-refractivity contribution in [2.24, 2.45) is 7.05 Å². The molecule has 4 heterocycles. The van der Waals surface area contributed by atoms with Gasteiger partial charge in [-0.1, -0.05) is 0 Å². The van der Waals surface area contributed by atoms with Crippen molar-refractivity contribution < 1.29 is 13.1 Å². The molecule has 0 spiro atoms. The largest absolute Gasteiger partial charge is 0.438 e. The third-order valence-electron chi connectivity index (χ3n) is 4.73. The first-order chi connectivity index (χ1) is 12.7. The normalized spacial score (nSPS) is 16.5. The van der Waals surface area contributed by atoms with E-state index in [1.807, 2.05) is 14.1 Å². The molecule has 0 aliphatic carbocycles. The molecule has 4 rings (SSSR count). The maximum absolute atomic E-state index is 7.58. The molecule has 3 aromatic rings. The van der Waals surface area contributed by atoms with Gasteiger partial charge in [0.1, 0.15) is 12.5 Å². The summed E-state index contributed by atoms with van der Waals surface area (Å²) in [6.07, 6.45) is 4.11. The van der Waals surface area contributed by atoms with Gasteiger partial charge in [-0.25, -0.2) is 9.55 Å². The highest BCUT2D eigenvalue weighted by Gasteiger charge is 2.35. The van der Waals surface area contributed by atoms with E-state index < -0.39 is 6.85 Å². The minimum Gasteiger partial charge on any atom is -0.438 e. The summed E-state index contributed by atoms with van der Waals surface area (Å²) < 4.78 is 30.9. The lowest BCUT2D eigenvalue weighted by Gasteiger charge is -2.24. The predicted molar refractivity (Wildman–Crippen MR) is 97.0 cm³/mol. The summed E-state index contributed by atoms with van der Waals surface area (Å²) in [6.45, 7) is 1.92. The molecule has 24 heavy (non-hydrogen) atoms. The fourth-order valence-electron chi connectivity index (χ4n) is 3.53. The average Bonchev–Trinajstić information content (AvgIpc) is 2.95. The van der Waals surface area contributed by atoms with Crippen molar-refractivity contribution in [2.45, 2.75) is 20.7 Å². The van der Waals surface area contributed by atoms with Crippen molar-refractivity contribution in [3.63, 3.8) is 0 Å². The van der Waals surface area contributed by atoms with E-state index in [0.29, 0.717) is 5.71 Å². The van der Waals surface area contributed by atoms with E-state index >= 15 is 0 Å².